The molecule has 0 saturated carbocycles. The Labute approximate surface area is 98.1 Å². The Morgan fingerprint density at radius 2 is 1.81 bits per heavy atom. The maximum atomic E-state index is 11.4. The van der Waals surface area contributed by atoms with E-state index in [4.69, 9.17) is 0 Å². The number of nitrogens with one attached hydrogen (secondary N) is 1. The van der Waals surface area contributed by atoms with Gasteiger partial charge in [0.25, 0.3) is 0 Å². The van der Waals surface area contributed by atoms with Crippen LogP contribution in [0.4, 0.5) is 0 Å². The van der Waals surface area contributed by atoms with Gasteiger partial charge in [0.1, 0.15) is 9.84 Å². The van der Waals surface area contributed by atoms with Gasteiger partial charge >= 0.3 is 0 Å². The van der Waals surface area contributed by atoms with Crippen LogP contribution >= 0.6 is 0 Å². The molecule has 0 saturated heterocycles. The van der Waals surface area contributed by atoms with Crippen molar-refractivity contribution in [3.63, 3.8) is 0 Å². The van der Waals surface area contributed by atoms with Crippen molar-refractivity contribution >= 4 is 15.7 Å². The largest absolute Gasteiger partial charge is 0.354 e. The van der Waals surface area contributed by atoms with Gasteiger partial charge in [-0.05, 0) is 27.9 Å². The molecule has 6 heteroatoms. The second-order valence-corrected chi connectivity index (χ2v) is 7.12. The van der Waals surface area contributed by atoms with Crippen LogP contribution in [-0.4, -0.2) is 57.4 Å². The van der Waals surface area contributed by atoms with E-state index in [0.717, 1.165) is 6.26 Å². The number of likely N-dealkylation sites (N-methyl/N-ethyl adjacent to an activating group) is 1. The van der Waals surface area contributed by atoms with Crippen molar-refractivity contribution < 1.29 is 13.2 Å². The van der Waals surface area contributed by atoms with Crippen molar-refractivity contribution in [1.29, 1.82) is 0 Å². The van der Waals surface area contributed by atoms with Gasteiger partial charge in [-0.25, -0.2) is 8.42 Å². The van der Waals surface area contributed by atoms with E-state index in [-0.39, 0.29) is 23.6 Å². The summed E-state index contributed by atoms with van der Waals surface area (Å²) in [6, 6.07) is 0. The van der Waals surface area contributed by atoms with Gasteiger partial charge < -0.3 is 10.2 Å². The zero-order valence-electron chi connectivity index (χ0n) is 10.7. The predicted octanol–water partition coefficient (Wildman–Crippen LogP) is -0.122. The predicted molar refractivity (Wildman–Crippen MR) is 65.1 cm³/mol. The van der Waals surface area contributed by atoms with E-state index in [0.29, 0.717) is 6.54 Å². The first-order chi connectivity index (χ1) is 7.04. The maximum Gasteiger partial charge on any atom is 0.221 e. The highest BCUT2D eigenvalue weighted by Crippen LogP contribution is 2.07. The molecule has 0 heterocycles. The minimum absolute atomic E-state index is 0.0301. The normalized spacial score (nSPS) is 12.9. The summed E-state index contributed by atoms with van der Waals surface area (Å²) >= 11 is 0. The number of carbonyl (C=O) groups excluding carboxylic acids is 1. The van der Waals surface area contributed by atoms with Crippen LogP contribution in [0.3, 0.4) is 0 Å². The minimum Gasteiger partial charge on any atom is -0.354 e. The molecule has 0 aliphatic heterocycles. The van der Waals surface area contributed by atoms with Crippen molar-refractivity contribution in [2.24, 2.45) is 0 Å². The molecular weight excluding hydrogens is 228 g/mol. The second kappa shape index (κ2) is 5.63. The summed E-state index contributed by atoms with van der Waals surface area (Å²) in [6.45, 7) is 4.51. The lowest BCUT2D eigenvalue weighted by molar-refractivity contribution is -0.121. The van der Waals surface area contributed by atoms with Gasteiger partial charge in [-0.15, -0.1) is 0 Å². The van der Waals surface area contributed by atoms with Crippen LogP contribution in [-0.2, 0) is 14.6 Å². The molecule has 0 fully saturated rings. The molecule has 5 nitrogen and oxygen atoms in total. The molecule has 0 aliphatic rings. The van der Waals surface area contributed by atoms with Crippen LogP contribution in [0.15, 0.2) is 0 Å². The summed E-state index contributed by atoms with van der Waals surface area (Å²) in [5.41, 5.74) is -0.138. The first-order valence-electron chi connectivity index (χ1n) is 5.16. The molecule has 0 bridgehead atoms. The quantitative estimate of drug-likeness (QED) is 0.713. The van der Waals surface area contributed by atoms with Gasteiger partial charge in [-0.3, -0.25) is 4.79 Å². The molecule has 1 amide bonds. The van der Waals surface area contributed by atoms with Gasteiger partial charge in [-0.1, -0.05) is 0 Å². The topological polar surface area (TPSA) is 66.5 Å². The van der Waals surface area contributed by atoms with Gasteiger partial charge in [0.2, 0.25) is 5.91 Å². The fourth-order valence-electron chi connectivity index (χ4n) is 0.839. The van der Waals surface area contributed by atoms with Gasteiger partial charge in [0.05, 0.1) is 5.75 Å². The second-order valence-electron chi connectivity index (χ2n) is 4.86. The molecule has 0 atom stereocenters. The lowest BCUT2D eigenvalue weighted by Crippen LogP contribution is -2.48. The molecule has 0 aliphatic carbocycles. The van der Waals surface area contributed by atoms with E-state index in [1.807, 2.05) is 32.8 Å². The molecule has 16 heavy (non-hydrogen) atoms. The summed E-state index contributed by atoms with van der Waals surface area (Å²) in [6.07, 6.45) is 1.16. The van der Waals surface area contributed by atoms with Gasteiger partial charge in [0.15, 0.2) is 0 Å². The molecule has 0 radical (unpaired) electrons. The zero-order valence-corrected chi connectivity index (χ0v) is 11.5. The SMILES string of the molecule is CN(C)C(C)(C)CNC(=O)CCS(C)(=O)=O. The van der Waals surface area contributed by atoms with Gasteiger partial charge in [0, 0.05) is 24.8 Å². The smallest absolute Gasteiger partial charge is 0.221 e. The fourth-order valence-corrected chi connectivity index (χ4v) is 1.40. The van der Waals surface area contributed by atoms with Crippen LogP contribution in [0.1, 0.15) is 20.3 Å². The summed E-state index contributed by atoms with van der Waals surface area (Å²) in [5.74, 6) is -0.318. The van der Waals surface area contributed by atoms with Gasteiger partial charge in [-0.2, -0.15) is 0 Å². The molecule has 0 rings (SSSR count). The third kappa shape index (κ3) is 6.79. The van der Waals surface area contributed by atoms with Crippen LogP contribution in [0.25, 0.3) is 0 Å². The highest BCUT2D eigenvalue weighted by Gasteiger charge is 2.21. The first-order valence-corrected chi connectivity index (χ1v) is 7.22. The van der Waals surface area contributed by atoms with Crippen molar-refractivity contribution in [1.82, 2.24) is 10.2 Å². The van der Waals surface area contributed by atoms with E-state index >= 15 is 0 Å². The van der Waals surface area contributed by atoms with Crippen LogP contribution in [0.2, 0.25) is 0 Å². The number of sulfone groups is 1. The summed E-state index contributed by atoms with van der Waals surface area (Å²) in [7, 11) is 0.806. The first kappa shape index (κ1) is 15.4. The minimum atomic E-state index is -3.06. The van der Waals surface area contributed by atoms with Crippen LogP contribution < -0.4 is 5.32 Å². The average Bonchev–Trinajstić information content (AvgIpc) is 2.10. The molecule has 1 N–H and O–H groups in total. The monoisotopic (exact) mass is 250 g/mol. The summed E-state index contributed by atoms with van der Waals surface area (Å²) in [4.78, 5) is 13.4. The molecule has 96 valence electrons. The van der Waals surface area contributed by atoms with E-state index < -0.39 is 9.84 Å². The number of rotatable bonds is 6. The Hall–Kier alpha value is -0.620. The van der Waals surface area contributed by atoms with E-state index in [1.54, 1.807) is 0 Å². The van der Waals surface area contributed by atoms with E-state index in [2.05, 4.69) is 5.32 Å². The van der Waals surface area contributed by atoms with E-state index in [1.165, 1.54) is 0 Å². The highest BCUT2D eigenvalue weighted by atomic mass is 32.2. The Morgan fingerprint density at radius 1 is 1.31 bits per heavy atom. The molecular formula is C10H22N2O3S. The number of carbonyl (C=O) groups is 1. The number of nitrogens with zero attached hydrogens (tertiary/aromatic N) is 1. The van der Waals surface area contributed by atoms with Crippen molar-refractivity contribution in [2.75, 3.05) is 32.6 Å². The number of hydrogen-bond acceptors (Lipinski definition) is 4. The van der Waals surface area contributed by atoms with Crippen LogP contribution in [0, 0.1) is 0 Å². The number of hydrogen-bond donors (Lipinski definition) is 1. The third-order valence-corrected chi connectivity index (χ3v) is 3.57. The molecule has 0 unspecified atom stereocenters. The Kier molecular flexibility index (Phi) is 5.41. The molecule has 0 aromatic carbocycles. The summed E-state index contributed by atoms with van der Waals surface area (Å²) < 4.78 is 21.7. The Morgan fingerprint density at radius 3 is 2.19 bits per heavy atom. The molecule has 0 spiro atoms. The lowest BCUT2D eigenvalue weighted by atomic mass is 10.0. The lowest BCUT2D eigenvalue weighted by Gasteiger charge is -2.32. The summed E-state index contributed by atoms with van der Waals surface area (Å²) in [5, 5.41) is 2.73. The Bertz CT molecular complexity index is 334. The standard InChI is InChI=1S/C10H22N2O3S/c1-10(2,12(3)4)8-11-9(13)6-7-16(5,14)15/h6-8H2,1-5H3,(H,11,13). The van der Waals surface area contributed by atoms with Crippen LogP contribution in [0.5, 0.6) is 0 Å². The highest BCUT2D eigenvalue weighted by molar-refractivity contribution is 7.90. The van der Waals surface area contributed by atoms with Crippen molar-refractivity contribution in [3.8, 4) is 0 Å². The average molecular weight is 250 g/mol. The van der Waals surface area contributed by atoms with E-state index in [9.17, 15) is 13.2 Å². The third-order valence-electron chi connectivity index (χ3n) is 2.63. The fraction of sp³-hybridized carbons (Fsp3) is 0.900. The zero-order chi connectivity index (χ0) is 13.0. The molecule has 0 aromatic rings. The molecule has 0 aromatic heterocycles. The maximum absolute atomic E-state index is 11.4. The van der Waals surface area contributed by atoms with Crippen molar-refractivity contribution in [3.05, 3.63) is 0 Å². The Balaban J connectivity index is 4.00. The number of amides is 1. The van der Waals surface area contributed by atoms with Crippen molar-refractivity contribution in [2.45, 2.75) is 25.8 Å².